The van der Waals surface area contributed by atoms with Crippen molar-refractivity contribution in [2.45, 2.75) is 25.6 Å². The molecule has 3 nitrogen and oxygen atoms in total. The summed E-state index contributed by atoms with van der Waals surface area (Å²) in [5.74, 6) is 0. The van der Waals surface area contributed by atoms with E-state index < -0.39 is 11.7 Å². The number of anilines is 2. The van der Waals surface area contributed by atoms with E-state index in [2.05, 4.69) is 28.1 Å². The summed E-state index contributed by atoms with van der Waals surface area (Å²) in [4.78, 5) is 4.57. The molecule has 0 aliphatic carbocycles. The Kier molecular flexibility index (Phi) is 5.70. The van der Waals surface area contributed by atoms with Crippen molar-refractivity contribution >= 4 is 35.3 Å². The number of halogens is 3. The van der Waals surface area contributed by atoms with Crippen LogP contribution in [-0.2, 0) is 6.18 Å². The van der Waals surface area contributed by atoms with Crippen LogP contribution in [0, 0.1) is 0 Å². The molecule has 7 heteroatoms. The molecule has 2 aliphatic heterocycles. The molecule has 2 heterocycles. The third kappa shape index (κ3) is 3.94. The van der Waals surface area contributed by atoms with Crippen LogP contribution in [0.2, 0.25) is 0 Å². The van der Waals surface area contributed by atoms with Crippen molar-refractivity contribution in [2.75, 3.05) is 37.6 Å². The molecule has 1 atom stereocenters. The zero-order valence-corrected chi connectivity index (χ0v) is 17.5. The van der Waals surface area contributed by atoms with Crippen molar-refractivity contribution in [1.82, 2.24) is 10.2 Å². The van der Waals surface area contributed by atoms with Gasteiger partial charge in [-0.25, -0.2) is 0 Å². The maximum absolute atomic E-state index is 13.3. The molecule has 0 aromatic heterocycles. The van der Waals surface area contributed by atoms with E-state index in [-0.39, 0.29) is 15.0 Å². The fraction of sp³-hybridized carbons (Fsp3) is 0.429. The monoisotopic (exact) mass is 455 g/mol. The summed E-state index contributed by atoms with van der Waals surface area (Å²) in [6, 6.07) is 12.8. The van der Waals surface area contributed by atoms with E-state index in [0.717, 1.165) is 48.4 Å². The quantitative estimate of drug-likeness (QED) is 0.717. The molecular weight excluding hydrogens is 430 g/mol. The Bertz CT molecular complexity index is 840. The van der Waals surface area contributed by atoms with E-state index in [0.29, 0.717) is 12.6 Å². The van der Waals surface area contributed by atoms with Crippen LogP contribution in [0.4, 0.5) is 24.5 Å². The number of alkyl halides is 3. The average molecular weight is 454 g/mol. The van der Waals surface area contributed by atoms with Gasteiger partial charge in [-0.15, -0.1) is 0 Å². The van der Waals surface area contributed by atoms with E-state index in [1.54, 1.807) is 6.07 Å². The fourth-order valence-corrected chi connectivity index (χ4v) is 6.29. The summed E-state index contributed by atoms with van der Waals surface area (Å²) < 4.78 is 42.2. The van der Waals surface area contributed by atoms with Crippen LogP contribution in [-0.4, -0.2) is 58.6 Å². The Labute approximate surface area is 170 Å². The van der Waals surface area contributed by atoms with Crippen LogP contribution in [0.3, 0.4) is 0 Å². The van der Waals surface area contributed by atoms with Gasteiger partial charge in [0.25, 0.3) is 0 Å². The topological polar surface area (TPSA) is 18.5 Å². The number of para-hydroxylation sites is 1. The average Bonchev–Trinajstić information content (AvgIpc) is 2.70. The second-order valence-corrected chi connectivity index (χ2v) is 9.45. The Hall–Kier alpha value is -1.53. The number of hydrogen-bond acceptors (Lipinski definition) is 3. The molecule has 0 saturated carbocycles. The number of hydrogen-bond donors (Lipinski definition) is 1. The van der Waals surface area contributed by atoms with Gasteiger partial charge in [0.15, 0.2) is 0 Å². The Morgan fingerprint density at radius 2 is 1.89 bits per heavy atom. The molecule has 0 amide bonds. The van der Waals surface area contributed by atoms with Gasteiger partial charge in [0.05, 0.1) is 0 Å². The van der Waals surface area contributed by atoms with Gasteiger partial charge >= 0.3 is 170 Å². The molecule has 2 aromatic carbocycles. The molecule has 2 aromatic rings. The molecular formula is C21H24F3N3Se. The first kappa shape index (κ1) is 19.8. The molecule has 1 unspecified atom stereocenters. The van der Waals surface area contributed by atoms with E-state index >= 15 is 0 Å². The van der Waals surface area contributed by atoms with Gasteiger partial charge < -0.3 is 0 Å². The Morgan fingerprint density at radius 3 is 2.68 bits per heavy atom. The predicted molar refractivity (Wildman–Crippen MR) is 108 cm³/mol. The first-order valence-electron chi connectivity index (χ1n) is 9.68. The van der Waals surface area contributed by atoms with Gasteiger partial charge in [0, 0.05) is 0 Å². The Morgan fingerprint density at radius 1 is 1.11 bits per heavy atom. The number of piperazine rings is 1. The first-order chi connectivity index (χ1) is 13.5. The van der Waals surface area contributed by atoms with Crippen LogP contribution in [0.1, 0.15) is 18.9 Å². The molecule has 150 valence electrons. The molecule has 1 N–H and O–H groups in total. The molecule has 0 spiro atoms. The van der Waals surface area contributed by atoms with E-state index in [1.165, 1.54) is 16.6 Å². The van der Waals surface area contributed by atoms with Gasteiger partial charge in [0.1, 0.15) is 0 Å². The van der Waals surface area contributed by atoms with Gasteiger partial charge in [-0.3, -0.25) is 0 Å². The van der Waals surface area contributed by atoms with Gasteiger partial charge in [-0.05, 0) is 0 Å². The predicted octanol–water partition coefficient (Wildman–Crippen LogP) is 2.50. The molecule has 28 heavy (non-hydrogen) atoms. The van der Waals surface area contributed by atoms with E-state index in [1.807, 2.05) is 18.2 Å². The third-order valence-electron chi connectivity index (χ3n) is 5.52. The number of likely N-dealkylation sites (N-methyl/N-ethyl adjacent to an activating group) is 1. The standard InChI is InChI=1S/C21H24F3N3Se/c1-2-26-12-10-25-14-16(26)9-11-27-17-5-3-4-6-19(17)28-20-8-7-15(13-18(20)27)21(22,23)24/h3-8,13,16,25H,2,9-12,14H2,1H3. The number of benzene rings is 2. The van der Waals surface area contributed by atoms with Gasteiger partial charge in [-0.2, -0.15) is 0 Å². The fourth-order valence-electron chi connectivity index (χ4n) is 4.03. The second-order valence-electron chi connectivity index (χ2n) is 7.18. The van der Waals surface area contributed by atoms with Gasteiger partial charge in [-0.1, -0.05) is 0 Å². The summed E-state index contributed by atoms with van der Waals surface area (Å²) in [6.45, 7) is 6.84. The second kappa shape index (κ2) is 8.07. The van der Waals surface area contributed by atoms with Crippen molar-refractivity contribution in [3.63, 3.8) is 0 Å². The van der Waals surface area contributed by atoms with Crippen LogP contribution in [0.5, 0.6) is 0 Å². The Balaban J connectivity index is 1.65. The van der Waals surface area contributed by atoms with Crippen LogP contribution in [0.25, 0.3) is 0 Å². The first-order valence-corrected chi connectivity index (χ1v) is 11.4. The van der Waals surface area contributed by atoms with E-state index in [9.17, 15) is 13.2 Å². The zero-order valence-electron chi connectivity index (χ0n) is 15.8. The van der Waals surface area contributed by atoms with Crippen molar-refractivity contribution in [2.24, 2.45) is 0 Å². The summed E-state index contributed by atoms with van der Waals surface area (Å²) >= 11 is 0.0222. The van der Waals surface area contributed by atoms with Crippen molar-refractivity contribution < 1.29 is 13.2 Å². The third-order valence-corrected chi connectivity index (χ3v) is 7.89. The number of rotatable bonds is 4. The maximum atomic E-state index is 13.3. The van der Waals surface area contributed by atoms with Crippen molar-refractivity contribution in [1.29, 1.82) is 0 Å². The van der Waals surface area contributed by atoms with Crippen LogP contribution in [0.15, 0.2) is 42.5 Å². The molecule has 1 fully saturated rings. The van der Waals surface area contributed by atoms with Crippen molar-refractivity contribution in [3.8, 4) is 0 Å². The van der Waals surface area contributed by atoms with Crippen LogP contribution >= 0.6 is 0 Å². The molecule has 2 aliphatic rings. The molecule has 4 rings (SSSR count). The summed E-state index contributed by atoms with van der Waals surface area (Å²) in [7, 11) is 0. The number of nitrogens with zero attached hydrogens (tertiary/aromatic N) is 2. The van der Waals surface area contributed by atoms with Crippen LogP contribution < -0.4 is 19.1 Å². The number of nitrogens with one attached hydrogen (secondary N) is 1. The SMILES string of the molecule is CCN1CCNCC1CCN1c2ccccc2[Se]c2ccc(C(F)(F)F)cc21. The van der Waals surface area contributed by atoms with E-state index in [4.69, 9.17) is 0 Å². The normalized spacial score (nSPS) is 20.0. The summed E-state index contributed by atoms with van der Waals surface area (Å²) in [5, 5.41) is 3.45. The number of fused-ring (bicyclic) bond motifs is 2. The zero-order chi connectivity index (χ0) is 19.7. The minimum atomic E-state index is -4.32. The molecule has 0 radical (unpaired) electrons. The minimum absolute atomic E-state index is 0.0222. The molecule has 1 saturated heterocycles. The summed E-state index contributed by atoms with van der Waals surface area (Å²) in [5.41, 5.74) is 1.21. The van der Waals surface area contributed by atoms with Gasteiger partial charge in [0.2, 0.25) is 0 Å². The molecule has 0 bridgehead atoms. The summed E-state index contributed by atoms with van der Waals surface area (Å²) in [6.07, 6.45) is -3.41. The van der Waals surface area contributed by atoms with Crippen molar-refractivity contribution in [3.05, 3.63) is 48.0 Å².